The van der Waals surface area contributed by atoms with Crippen LogP contribution in [0.4, 0.5) is 28.4 Å². The van der Waals surface area contributed by atoms with Gasteiger partial charge in [-0.05, 0) is 129 Å². The number of para-hydroxylation sites is 2. The zero-order valence-corrected chi connectivity index (χ0v) is 30.1. The number of hydrogen-bond donors (Lipinski definition) is 1. The Hall–Kier alpha value is -5.15. The Morgan fingerprint density at radius 1 is 0.560 bits per heavy atom. The van der Waals surface area contributed by atoms with Crippen molar-refractivity contribution in [3.63, 3.8) is 0 Å². The Morgan fingerprint density at radius 2 is 1.04 bits per heavy atom. The number of hydrogen-bond acceptors (Lipinski definition) is 3. The van der Waals surface area contributed by atoms with Crippen molar-refractivity contribution in [3.8, 4) is 0 Å². The minimum Gasteiger partial charge on any atom is -0.380 e. The average molecular weight is 657 g/mol. The van der Waals surface area contributed by atoms with Crippen LogP contribution in [0.25, 0.3) is 10.8 Å². The molecule has 1 unspecified atom stereocenters. The highest BCUT2D eigenvalue weighted by Crippen LogP contribution is 2.42. The minimum atomic E-state index is 0.275. The van der Waals surface area contributed by atoms with Crippen LogP contribution in [0.1, 0.15) is 70.1 Å². The van der Waals surface area contributed by atoms with Gasteiger partial charge in [0, 0.05) is 41.3 Å². The summed E-state index contributed by atoms with van der Waals surface area (Å²) in [5.41, 5.74) is 9.97. The zero-order chi connectivity index (χ0) is 34.5. The lowest BCUT2D eigenvalue weighted by molar-refractivity contribution is 0.217. The van der Waals surface area contributed by atoms with Crippen LogP contribution >= 0.6 is 0 Å². The molecule has 1 saturated carbocycles. The second-order valence-electron chi connectivity index (χ2n) is 14.3. The quantitative estimate of drug-likeness (QED) is 0.111. The van der Waals surface area contributed by atoms with Crippen LogP contribution in [0.5, 0.6) is 0 Å². The summed E-state index contributed by atoms with van der Waals surface area (Å²) in [6.45, 7) is 11.1. The molecule has 7 rings (SSSR count). The van der Waals surface area contributed by atoms with E-state index in [9.17, 15) is 0 Å². The predicted molar refractivity (Wildman–Crippen MR) is 215 cm³/mol. The smallest absolute Gasteiger partial charge is 0.0638 e. The van der Waals surface area contributed by atoms with Crippen molar-refractivity contribution in [1.82, 2.24) is 0 Å². The van der Waals surface area contributed by atoms with Crippen molar-refractivity contribution in [2.45, 2.75) is 59.4 Å². The molecule has 0 radical (unpaired) electrons. The van der Waals surface area contributed by atoms with Crippen molar-refractivity contribution < 1.29 is 0 Å². The first kappa shape index (κ1) is 33.4. The normalized spacial score (nSPS) is 15.4. The fraction of sp³-hybridized carbons (Fsp3) is 0.255. The number of fused-ring (bicyclic) bond motifs is 1. The first-order valence-corrected chi connectivity index (χ1v) is 18.5. The first-order valence-electron chi connectivity index (χ1n) is 18.5. The van der Waals surface area contributed by atoms with Crippen molar-refractivity contribution in [2.24, 2.45) is 5.41 Å². The topological polar surface area (TPSA) is 18.5 Å². The lowest BCUT2D eigenvalue weighted by atomic mass is 9.73. The van der Waals surface area contributed by atoms with Crippen LogP contribution in [0.15, 0.2) is 146 Å². The van der Waals surface area contributed by atoms with Gasteiger partial charge in [-0.1, -0.05) is 75.2 Å². The largest absolute Gasteiger partial charge is 0.380 e. The van der Waals surface area contributed by atoms with Crippen LogP contribution < -0.4 is 15.1 Å². The molecule has 50 heavy (non-hydrogen) atoms. The van der Waals surface area contributed by atoms with E-state index in [1.165, 1.54) is 87.5 Å². The standard InChI is InChI=1S/C47H50N3/c1-5-49(37-17-9-7-10-18-37)39-28-24-35(25-29-39)46(36-26-30-40(31-27-36)50(6-2)38-19-11-8-12-20-38)43-32-33-44(42-22-14-13-21-41(42)43)48-45-23-15-16-34-47(45,3)4/h7-14,17-22,24-33,45,48H,5-6,15-16,23,34H2,1-4H3/q+1. The highest BCUT2D eigenvalue weighted by molar-refractivity contribution is 5.98. The molecular formula is C47H50N3+. The molecule has 0 bridgehead atoms. The van der Waals surface area contributed by atoms with Gasteiger partial charge in [0.15, 0.2) is 0 Å². The van der Waals surface area contributed by atoms with E-state index in [-0.39, 0.29) is 5.41 Å². The van der Waals surface area contributed by atoms with Crippen LogP contribution in [0.3, 0.4) is 0 Å². The number of benzene rings is 6. The van der Waals surface area contributed by atoms with Gasteiger partial charge in [-0.2, -0.15) is 0 Å². The Bertz CT molecular complexity index is 1890. The van der Waals surface area contributed by atoms with E-state index in [4.69, 9.17) is 0 Å². The maximum atomic E-state index is 4.02. The highest BCUT2D eigenvalue weighted by atomic mass is 15.1. The summed E-state index contributed by atoms with van der Waals surface area (Å²) < 4.78 is 0. The van der Waals surface area contributed by atoms with Gasteiger partial charge >= 0.3 is 0 Å². The predicted octanol–water partition coefficient (Wildman–Crippen LogP) is 12.6. The Labute approximate surface area is 299 Å². The second kappa shape index (κ2) is 14.8. The summed E-state index contributed by atoms with van der Waals surface area (Å²) in [6, 6.07) is 53.7. The second-order valence-corrected chi connectivity index (χ2v) is 14.3. The summed E-state index contributed by atoms with van der Waals surface area (Å²) in [5.74, 6) is 1.24. The minimum absolute atomic E-state index is 0.275. The number of rotatable bonds is 11. The lowest BCUT2D eigenvalue weighted by Gasteiger charge is -2.39. The highest BCUT2D eigenvalue weighted by Gasteiger charge is 2.33. The van der Waals surface area contributed by atoms with Crippen molar-refractivity contribution >= 4 is 39.2 Å². The molecule has 0 aliphatic heterocycles. The van der Waals surface area contributed by atoms with Crippen LogP contribution in [-0.2, 0) is 0 Å². The van der Waals surface area contributed by atoms with Crippen LogP contribution in [0.2, 0.25) is 0 Å². The SMILES string of the molecule is CCN(c1ccccc1)c1ccc([C+](c2ccc(N(CC)c3ccccc3)cc2)c2ccc(NC3CCCCC3(C)C)c3ccccc23)cc1. The van der Waals surface area contributed by atoms with Gasteiger partial charge in [0.2, 0.25) is 0 Å². The number of anilines is 5. The summed E-state index contributed by atoms with van der Waals surface area (Å²) in [7, 11) is 0. The summed E-state index contributed by atoms with van der Waals surface area (Å²) >= 11 is 0. The average Bonchev–Trinajstić information content (AvgIpc) is 3.16. The molecular weight excluding hydrogens is 607 g/mol. The molecule has 6 aromatic carbocycles. The third-order valence-corrected chi connectivity index (χ3v) is 10.7. The van der Waals surface area contributed by atoms with Crippen molar-refractivity contribution in [2.75, 3.05) is 28.2 Å². The molecule has 6 aromatic rings. The Morgan fingerprint density at radius 3 is 1.54 bits per heavy atom. The van der Waals surface area contributed by atoms with Gasteiger partial charge in [0.05, 0.1) is 39.7 Å². The van der Waals surface area contributed by atoms with E-state index in [1.807, 2.05) is 0 Å². The molecule has 1 N–H and O–H groups in total. The number of nitrogens with zero attached hydrogens (tertiary/aromatic N) is 2. The molecule has 1 fully saturated rings. The summed E-state index contributed by atoms with van der Waals surface area (Å²) in [6.07, 6.45) is 5.10. The fourth-order valence-electron chi connectivity index (χ4n) is 7.93. The molecule has 1 atom stereocenters. The van der Waals surface area contributed by atoms with Crippen molar-refractivity contribution in [1.29, 1.82) is 0 Å². The van der Waals surface area contributed by atoms with E-state index in [2.05, 4.69) is 188 Å². The van der Waals surface area contributed by atoms with Crippen molar-refractivity contribution in [3.05, 3.63) is 168 Å². The number of nitrogens with one attached hydrogen (secondary N) is 1. The molecule has 0 saturated heterocycles. The van der Waals surface area contributed by atoms with Gasteiger partial charge in [-0.15, -0.1) is 0 Å². The van der Waals surface area contributed by atoms with Crippen LogP contribution in [0, 0.1) is 11.3 Å². The molecule has 1 aliphatic carbocycles. The molecule has 0 aromatic heterocycles. The molecule has 252 valence electrons. The summed E-state index contributed by atoms with van der Waals surface area (Å²) in [4.78, 5) is 4.73. The molecule has 0 heterocycles. The zero-order valence-electron chi connectivity index (χ0n) is 30.1. The third-order valence-electron chi connectivity index (χ3n) is 10.7. The van der Waals surface area contributed by atoms with Gasteiger partial charge in [0.1, 0.15) is 0 Å². The van der Waals surface area contributed by atoms with Gasteiger partial charge in [-0.3, -0.25) is 0 Å². The van der Waals surface area contributed by atoms with E-state index < -0.39 is 0 Å². The lowest BCUT2D eigenvalue weighted by Crippen LogP contribution is -2.38. The monoisotopic (exact) mass is 656 g/mol. The van der Waals surface area contributed by atoms with E-state index >= 15 is 0 Å². The van der Waals surface area contributed by atoms with E-state index in [1.54, 1.807) is 0 Å². The fourth-order valence-corrected chi connectivity index (χ4v) is 7.93. The maximum Gasteiger partial charge on any atom is 0.0638 e. The van der Waals surface area contributed by atoms with Gasteiger partial charge in [0.25, 0.3) is 0 Å². The summed E-state index contributed by atoms with van der Waals surface area (Å²) in [5, 5.41) is 6.57. The molecule has 0 amide bonds. The molecule has 3 nitrogen and oxygen atoms in total. The van der Waals surface area contributed by atoms with E-state index in [0.29, 0.717) is 6.04 Å². The first-order chi connectivity index (χ1) is 24.5. The van der Waals surface area contributed by atoms with Crippen LogP contribution in [-0.4, -0.2) is 19.1 Å². The Balaban J connectivity index is 1.31. The van der Waals surface area contributed by atoms with Gasteiger partial charge in [-0.25, -0.2) is 0 Å². The molecule has 1 aliphatic rings. The van der Waals surface area contributed by atoms with Gasteiger partial charge < -0.3 is 15.1 Å². The molecule has 0 spiro atoms. The molecule has 3 heteroatoms. The Kier molecular flexibility index (Phi) is 9.85. The van der Waals surface area contributed by atoms with E-state index in [0.717, 1.165) is 13.1 Å². The third kappa shape index (κ3) is 6.83. The maximum absolute atomic E-state index is 4.02.